The number of nitrogens with one attached hydrogen (secondary N) is 3. The first-order chi connectivity index (χ1) is 14.0. The largest absolute Gasteiger partial charge is 0.352 e. The molecular formula is C21H30N6OS. The highest BCUT2D eigenvalue weighted by atomic mass is 32.1. The van der Waals surface area contributed by atoms with Gasteiger partial charge in [-0.25, -0.2) is 9.78 Å². The van der Waals surface area contributed by atoms with Crippen LogP contribution in [-0.4, -0.2) is 42.0 Å². The second-order valence-corrected chi connectivity index (χ2v) is 8.37. The fourth-order valence-electron chi connectivity index (χ4n) is 3.12. The summed E-state index contributed by atoms with van der Waals surface area (Å²) in [6.45, 7) is 7.23. The van der Waals surface area contributed by atoms with Crippen LogP contribution in [0.15, 0.2) is 34.6 Å². The molecule has 0 radical (unpaired) electrons. The quantitative estimate of drug-likeness (QED) is 0.497. The van der Waals surface area contributed by atoms with Gasteiger partial charge in [0.1, 0.15) is 5.01 Å². The number of thiazole rings is 1. The Morgan fingerprint density at radius 2 is 2.00 bits per heavy atom. The highest BCUT2D eigenvalue weighted by Gasteiger charge is 2.17. The van der Waals surface area contributed by atoms with Crippen LogP contribution < -0.4 is 16.0 Å². The van der Waals surface area contributed by atoms with Crippen LogP contribution >= 0.6 is 11.3 Å². The molecule has 1 aliphatic rings. The molecule has 0 aliphatic carbocycles. The zero-order valence-electron chi connectivity index (χ0n) is 17.4. The minimum atomic E-state index is -0.0192. The zero-order chi connectivity index (χ0) is 20.6. The van der Waals surface area contributed by atoms with Crippen molar-refractivity contribution in [3.63, 3.8) is 0 Å². The molecule has 7 nitrogen and oxygen atoms in total. The Bertz CT molecular complexity index is 841. The second-order valence-electron chi connectivity index (χ2n) is 7.42. The third kappa shape index (κ3) is 6.19. The van der Waals surface area contributed by atoms with E-state index in [0.29, 0.717) is 19.0 Å². The molecule has 0 saturated carbocycles. The van der Waals surface area contributed by atoms with Gasteiger partial charge >= 0.3 is 6.03 Å². The maximum absolute atomic E-state index is 12.3. The Labute approximate surface area is 176 Å². The van der Waals surface area contributed by atoms with Gasteiger partial charge < -0.3 is 20.9 Å². The van der Waals surface area contributed by atoms with Gasteiger partial charge in [-0.3, -0.25) is 4.99 Å². The first kappa shape index (κ1) is 21.1. The van der Waals surface area contributed by atoms with Crippen molar-refractivity contribution in [1.82, 2.24) is 20.5 Å². The maximum atomic E-state index is 12.3. The van der Waals surface area contributed by atoms with E-state index in [-0.39, 0.29) is 6.03 Å². The summed E-state index contributed by atoms with van der Waals surface area (Å²) in [6, 6.07) is 7.87. The molecule has 3 rings (SSSR count). The molecule has 1 saturated heterocycles. The Hall–Kier alpha value is -2.61. The lowest BCUT2D eigenvalue weighted by Gasteiger charge is -2.17. The summed E-state index contributed by atoms with van der Waals surface area (Å²) >= 11 is 1.66. The van der Waals surface area contributed by atoms with Gasteiger partial charge in [0.15, 0.2) is 5.96 Å². The first-order valence-electron chi connectivity index (χ1n) is 10.1. The predicted octanol–water partition coefficient (Wildman–Crippen LogP) is 3.76. The highest BCUT2D eigenvalue weighted by Crippen LogP contribution is 2.17. The molecule has 1 aliphatic heterocycles. The van der Waals surface area contributed by atoms with E-state index >= 15 is 0 Å². The normalized spacial score (nSPS) is 14.3. The summed E-state index contributed by atoms with van der Waals surface area (Å²) in [6.07, 6.45) is 2.17. The van der Waals surface area contributed by atoms with Crippen molar-refractivity contribution in [2.45, 2.75) is 45.7 Å². The van der Waals surface area contributed by atoms with Gasteiger partial charge in [-0.2, -0.15) is 0 Å². The number of carbonyl (C=O) groups excluding carboxylic acids is 1. The highest BCUT2D eigenvalue weighted by molar-refractivity contribution is 7.09. The SMILES string of the molecule is CN=C(NCc1cccc(NC(=O)N2CCCC2)c1)NCc1nc(C(C)C)cs1. The second kappa shape index (κ2) is 10.2. The number of hydrogen-bond donors (Lipinski definition) is 3. The van der Waals surface area contributed by atoms with E-state index in [1.807, 2.05) is 29.2 Å². The predicted molar refractivity (Wildman–Crippen MR) is 120 cm³/mol. The van der Waals surface area contributed by atoms with E-state index in [0.717, 1.165) is 53.8 Å². The molecule has 0 unspecified atom stereocenters. The number of guanidine groups is 1. The molecule has 2 aromatic rings. The summed E-state index contributed by atoms with van der Waals surface area (Å²) in [7, 11) is 1.75. The third-order valence-corrected chi connectivity index (χ3v) is 5.69. The minimum absolute atomic E-state index is 0.0192. The van der Waals surface area contributed by atoms with Crippen LogP contribution in [0.3, 0.4) is 0 Å². The molecule has 8 heteroatoms. The van der Waals surface area contributed by atoms with Crippen molar-refractivity contribution in [2.24, 2.45) is 4.99 Å². The van der Waals surface area contributed by atoms with Gasteiger partial charge in [0.25, 0.3) is 0 Å². The molecule has 3 N–H and O–H groups in total. The van der Waals surface area contributed by atoms with Crippen LogP contribution in [0.4, 0.5) is 10.5 Å². The molecule has 0 atom stereocenters. The number of hydrogen-bond acceptors (Lipinski definition) is 4. The number of likely N-dealkylation sites (tertiary alicyclic amines) is 1. The van der Waals surface area contributed by atoms with Crippen molar-refractivity contribution < 1.29 is 4.79 Å². The molecule has 156 valence electrons. The summed E-state index contributed by atoms with van der Waals surface area (Å²) in [5, 5.41) is 12.8. The average Bonchev–Trinajstić information content (AvgIpc) is 3.41. The Morgan fingerprint density at radius 3 is 2.69 bits per heavy atom. The monoisotopic (exact) mass is 414 g/mol. The van der Waals surface area contributed by atoms with Crippen LogP contribution in [0.2, 0.25) is 0 Å². The lowest BCUT2D eigenvalue weighted by molar-refractivity contribution is 0.222. The Kier molecular flexibility index (Phi) is 7.46. The summed E-state index contributed by atoms with van der Waals surface area (Å²) in [5.74, 6) is 1.16. The first-order valence-corrected chi connectivity index (χ1v) is 11.0. The molecule has 1 aromatic carbocycles. The van der Waals surface area contributed by atoms with Crippen LogP contribution in [0.5, 0.6) is 0 Å². The number of rotatable bonds is 6. The standard InChI is InChI=1S/C21H30N6OS/c1-15(2)18-14-29-19(26-18)13-24-20(22-3)23-12-16-7-6-8-17(11-16)25-21(28)27-9-4-5-10-27/h6-8,11,14-15H,4-5,9-10,12-13H2,1-3H3,(H,25,28)(H2,22,23,24). The van der Waals surface area contributed by atoms with Gasteiger partial charge in [0.05, 0.1) is 12.2 Å². The zero-order valence-corrected chi connectivity index (χ0v) is 18.2. The molecule has 0 bridgehead atoms. The van der Waals surface area contributed by atoms with Crippen LogP contribution in [0.25, 0.3) is 0 Å². The van der Waals surface area contributed by atoms with Crippen LogP contribution in [-0.2, 0) is 13.1 Å². The molecule has 2 amide bonds. The Balaban J connectivity index is 1.49. The third-order valence-electron chi connectivity index (χ3n) is 4.82. The van der Waals surface area contributed by atoms with Crippen molar-refractivity contribution in [2.75, 3.05) is 25.5 Å². The number of amides is 2. The fourth-order valence-corrected chi connectivity index (χ4v) is 4.01. The number of urea groups is 1. The topological polar surface area (TPSA) is 81.7 Å². The number of carbonyl (C=O) groups is 1. The Morgan fingerprint density at radius 1 is 1.24 bits per heavy atom. The average molecular weight is 415 g/mol. The number of benzene rings is 1. The van der Waals surface area contributed by atoms with Gasteiger partial charge in [-0.05, 0) is 36.5 Å². The minimum Gasteiger partial charge on any atom is -0.352 e. The van der Waals surface area contributed by atoms with E-state index in [9.17, 15) is 4.79 Å². The van der Waals surface area contributed by atoms with Gasteiger partial charge in [0.2, 0.25) is 0 Å². The van der Waals surface area contributed by atoms with E-state index in [4.69, 9.17) is 0 Å². The number of aromatic nitrogens is 1. The number of anilines is 1. The molecule has 2 heterocycles. The molecule has 29 heavy (non-hydrogen) atoms. The summed E-state index contributed by atoms with van der Waals surface area (Å²) in [5.41, 5.74) is 3.01. The molecule has 0 spiro atoms. The lowest BCUT2D eigenvalue weighted by Crippen LogP contribution is -2.36. The molecular weight excluding hydrogens is 384 g/mol. The lowest BCUT2D eigenvalue weighted by atomic mass is 10.2. The molecule has 1 fully saturated rings. The molecule has 1 aromatic heterocycles. The van der Waals surface area contributed by atoms with Gasteiger partial charge in [0, 0.05) is 37.7 Å². The number of aliphatic imine (C=N–C) groups is 1. The number of nitrogens with zero attached hydrogens (tertiary/aromatic N) is 3. The van der Waals surface area contributed by atoms with Crippen molar-refractivity contribution in [3.05, 3.63) is 45.9 Å². The van der Waals surface area contributed by atoms with Crippen molar-refractivity contribution in [3.8, 4) is 0 Å². The fraction of sp³-hybridized carbons (Fsp3) is 0.476. The van der Waals surface area contributed by atoms with Crippen LogP contribution in [0, 0.1) is 0 Å². The van der Waals surface area contributed by atoms with E-state index in [2.05, 4.69) is 45.2 Å². The maximum Gasteiger partial charge on any atom is 0.321 e. The smallest absolute Gasteiger partial charge is 0.321 e. The van der Waals surface area contributed by atoms with Crippen molar-refractivity contribution in [1.29, 1.82) is 0 Å². The van der Waals surface area contributed by atoms with E-state index in [1.54, 1.807) is 18.4 Å². The van der Waals surface area contributed by atoms with Crippen molar-refractivity contribution >= 4 is 29.0 Å². The summed E-state index contributed by atoms with van der Waals surface area (Å²) < 4.78 is 0. The van der Waals surface area contributed by atoms with Gasteiger partial charge in [-0.15, -0.1) is 11.3 Å². The van der Waals surface area contributed by atoms with Crippen LogP contribution in [0.1, 0.15) is 48.9 Å². The van der Waals surface area contributed by atoms with E-state index < -0.39 is 0 Å². The van der Waals surface area contributed by atoms with E-state index in [1.165, 1.54) is 0 Å². The summed E-state index contributed by atoms with van der Waals surface area (Å²) in [4.78, 5) is 23.0. The van der Waals surface area contributed by atoms with Gasteiger partial charge in [-0.1, -0.05) is 26.0 Å².